The fourth-order valence-electron chi connectivity index (χ4n) is 3.64. The highest BCUT2D eigenvalue weighted by atomic mass is 32.1. The predicted octanol–water partition coefficient (Wildman–Crippen LogP) is 3.47. The molecule has 0 saturated carbocycles. The standard InChI is InChI=1S/C21H28N4O2S/c1-16(26)23-19-10-8-18(9-11-19)20(27)24-14-5-15-25(24)21(28)22-13-12-17-6-3-2-4-7-17/h6,8-11H,2-5,7,12-15H2,1H3,(H,22,28)(H,23,26). The van der Waals surface area contributed by atoms with E-state index in [0.717, 1.165) is 25.9 Å². The van der Waals surface area contributed by atoms with Crippen LogP contribution in [0, 0.1) is 0 Å². The normalized spacial score (nSPS) is 16.5. The third-order valence-corrected chi connectivity index (χ3v) is 5.41. The second-order valence-corrected chi connectivity index (χ2v) is 7.64. The van der Waals surface area contributed by atoms with Crippen molar-refractivity contribution in [3.8, 4) is 0 Å². The molecule has 1 heterocycles. The summed E-state index contributed by atoms with van der Waals surface area (Å²) in [5.74, 6) is -0.212. The van der Waals surface area contributed by atoms with Crippen LogP contribution in [0.25, 0.3) is 0 Å². The number of carbonyl (C=O) groups is 2. The van der Waals surface area contributed by atoms with Crippen LogP contribution in [0.4, 0.5) is 5.69 Å². The Morgan fingerprint density at radius 2 is 1.82 bits per heavy atom. The Kier molecular flexibility index (Phi) is 7.03. The minimum atomic E-state index is -0.134. The number of thiocarbonyl (C=S) groups is 1. The van der Waals surface area contributed by atoms with Crippen molar-refractivity contribution in [3.05, 3.63) is 41.5 Å². The minimum Gasteiger partial charge on any atom is -0.361 e. The molecule has 0 bridgehead atoms. The Hall–Kier alpha value is -2.41. The van der Waals surface area contributed by atoms with E-state index in [1.807, 2.05) is 5.01 Å². The number of hydrazine groups is 1. The van der Waals surface area contributed by atoms with Gasteiger partial charge in [0, 0.05) is 37.8 Å². The van der Waals surface area contributed by atoms with Crippen molar-refractivity contribution in [1.29, 1.82) is 0 Å². The summed E-state index contributed by atoms with van der Waals surface area (Å²) in [5, 5.41) is 10.2. The number of carbonyl (C=O) groups excluding carboxylic acids is 2. The molecule has 0 atom stereocenters. The number of nitrogens with one attached hydrogen (secondary N) is 2. The second kappa shape index (κ2) is 9.68. The molecule has 150 valence electrons. The Labute approximate surface area is 171 Å². The van der Waals surface area contributed by atoms with Gasteiger partial charge in [0.25, 0.3) is 5.91 Å². The zero-order chi connectivity index (χ0) is 19.9. The summed E-state index contributed by atoms with van der Waals surface area (Å²) >= 11 is 5.55. The molecule has 1 saturated heterocycles. The summed E-state index contributed by atoms with van der Waals surface area (Å²) in [4.78, 5) is 24.0. The van der Waals surface area contributed by atoms with Crippen LogP contribution >= 0.6 is 12.2 Å². The minimum absolute atomic E-state index is 0.0778. The Balaban J connectivity index is 1.55. The van der Waals surface area contributed by atoms with Crippen LogP contribution in [0.1, 0.15) is 55.8 Å². The van der Waals surface area contributed by atoms with Crippen molar-refractivity contribution < 1.29 is 9.59 Å². The highest BCUT2D eigenvalue weighted by Crippen LogP contribution is 2.20. The molecule has 1 aliphatic heterocycles. The lowest BCUT2D eigenvalue weighted by Crippen LogP contribution is -2.49. The Morgan fingerprint density at radius 3 is 2.50 bits per heavy atom. The summed E-state index contributed by atoms with van der Waals surface area (Å²) in [5.41, 5.74) is 2.77. The van der Waals surface area contributed by atoms with Gasteiger partial charge in [0.15, 0.2) is 5.11 Å². The van der Waals surface area contributed by atoms with E-state index in [4.69, 9.17) is 12.2 Å². The third kappa shape index (κ3) is 5.32. The molecule has 1 aromatic carbocycles. The van der Waals surface area contributed by atoms with E-state index in [0.29, 0.717) is 22.9 Å². The lowest BCUT2D eigenvalue weighted by Gasteiger charge is -2.30. The maximum absolute atomic E-state index is 12.9. The fourth-order valence-corrected chi connectivity index (χ4v) is 3.93. The Morgan fingerprint density at radius 1 is 1.07 bits per heavy atom. The molecule has 0 radical (unpaired) electrons. The van der Waals surface area contributed by atoms with Gasteiger partial charge < -0.3 is 10.6 Å². The number of allylic oxidation sites excluding steroid dienone is 1. The number of hydrogen-bond acceptors (Lipinski definition) is 3. The van der Waals surface area contributed by atoms with Gasteiger partial charge in [-0.2, -0.15) is 0 Å². The highest BCUT2D eigenvalue weighted by molar-refractivity contribution is 7.80. The smallest absolute Gasteiger partial charge is 0.272 e. The zero-order valence-electron chi connectivity index (χ0n) is 16.4. The van der Waals surface area contributed by atoms with Crippen molar-refractivity contribution in [2.45, 2.75) is 45.4 Å². The van der Waals surface area contributed by atoms with Crippen molar-refractivity contribution in [1.82, 2.24) is 15.3 Å². The molecule has 6 nitrogen and oxygen atoms in total. The number of hydrogen-bond donors (Lipinski definition) is 2. The lowest BCUT2D eigenvalue weighted by atomic mass is 9.97. The van der Waals surface area contributed by atoms with Crippen LogP contribution in [0.5, 0.6) is 0 Å². The van der Waals surface area contributed by atoms with E-state index in [2.05, 4.69) is 16.7 Å². The molecule has 1 aliphatic carbocycles. The number of benzene rings is 1. The van der Waals surface area contributed by atoms with Crippen molar-refractivity contribution >= 4 is 34.8 Å². The maximum atomic E-state index is 12.9. The molecular formula is C21H28N4O2S. The molecule has 2 N–H and O–H groups in total. The molecule has 28 heavy (non-hydrogen) atoms. The van der Waals surface area contributed by atoms with E-state index < -0.39 is 0 Å². The molecule has 0 unspecified atom stereocenters. The first-order valence-corrected chi connectivity index (χ1v) is 10.4. The Bertz CT molecular complexity index is 760. The van der Waals surface area contributed by atoms with Gasteiger partial charge in [0.1, 0.15) is 0 Å². The van der Waals surface area contributed by atoms with Gasteiger partial charge >= 0.3 is 0 Å². The van der Waals surface area contributed by atoms with Gasteiger partial charge in [-0.25, -0.2) is 5.01 Å². The molecule has 3 rings (SSSR count). The molecular weight excluding hydrogens is 372 g/mol. The molecule has 0 spiro atoms. The summed E-state index contributed by atoms with van der Waals surface area (Å²) < 4.78 is 0. The first-order chi connectivity index (χ1) is 13.5. The van der Waals surface area contributed by atoms with Crippen LogP contribution in [0.15, 0.2) is 35.9 Å². The van der Waals surface area contributed by atoms with E-state index in [1.54, 1.807) is 29.3 Å². The summed E-state index contributed by atoms with van der Waals surface area (Å²) in [6.07, 6.45) is 9.21. The third-order valence-electron chi connectivity index (χ3n) is 5.06. The quantitative estimate of drug-likeness (QED) is 0.585. The van der Waals surface area contributed by atoms with Gasteiger partial charge in [-0.05, 0) is 75.0 Å². The number of nitrogens with zero attached hydrogens (tertiary/aromatic N) is 2. The van der Waals surface area contributed by atoms with Gasteiger partial charge in [-0.1, -0.05) is 11.6 Å². The van der Waals surface area contributed by atoms with E-state index in [-0.39, 0.29) is 11.8 Å². The van der Waals surface area contributed by atoms with Gasteiger partial charge in [0.2, 0.25) is 5.91 Å². The summed E-state index contributed by atoms with van der Waals surface area (Å²) in [6.45, 7) is 3.65. The van der Waals surface area contributed by atoms with Crippen LogP contribution in [0.2, 0.25) is 0 Å². The summed E-state index contributed by atoms with van der Waals surface area (Å²) in [7, 11) is 0. The van der Waals surface area contributed by atoms with Crippen LogP contribution in [-0.4, -0.2) is 46.6 Å². The van der Waals surface area contributed by atoms with Crippen LogP contribution in [0.3, 0.4) is 0 Å². The number of anilines is 1. The highest BCUT2D eigenvalue weighted by Gasteiger charge is 2.29. The SMILES string of the molecule is CC(=O)Nc1ccc(C(=O)N2CCCN2C(=S)NCCC2=CCCCC2)cc1. The van der Waals surface area contributed by atoms with Gasteiger partial charge in [-0.3, -0.25) is 14.6 Å². The molecule has 1 aromatic rings. The van der Waals surface area contributed by atoms with E-state index >= 15 is 0 Å². The van der Waals surface area contributed by atoms with Crippen LogP contribution in [-0.2, 0) is 4.79 Å². The number of rotatable bonds is 5. The van der Waals surface area contributed by atoms with Crippen molar-refractivity contribution in [2.75, 3.05) is 25.0 Å². The lowest BCUT2D eigenvalue weighted by molar-refractivity contribution is -0.114. The summed E-state index contributed by atoms with van der Waals surface area (Å²) in [6, 6.07) is 6.94. The molecule has 7 heteroatoms. The number of amides is 2. The average Bonchev–Trinajstić information content (AvgIpc) is 3.18. The van der Waals surface area contributed by atoms with E-state index in [1.165, 1.54) is 38.2 Å². The van der Waals surface area contributed by atoms with E-state index in [9.17, 15) is 9.59 Å². The van der Waals surface area contributed by atoms with Crippen molar-refractivity contribution in [2.24, 2.45) is 0 Å². The average molecular weight is 401 g/mol. The molecule has 2 aliphatic rings. The van der Waals surface area contributed by atoms with Gasteiger partial charge in [0.05, 0.1) is 0 Å². The first kappa shape index (κ1) is 20.3. The molecule has 0 aromatic heterocycles. The molecule has 1 fully saturated rings. The van der Waals surface area contributed by atoms with Crippen LogP contribution < -0.4 is 10.6 Å². The molecule has 2 amide bonds. The first-order valence-electron chi connectivity index (χ1n) is 9.97. The van der Waals surface area contributed by atoms with Gasteiger partial charge in [-0.15, -0.1) is 0 Å². The topological polar surface area (TPSA) is 64.7 Å². The largest absolute Gasteiger partial charge is 0.361 e. The predicted molar refractivity (Wildman–Crippen MR) is 115 cm³/mol. The maximum Gasteiger partial charge on any atom is 0.272 e. The fraction of sp³-hybridized carbons (Fsp3) is 0.476. The second-order valence-electron chi connectivity index (χ2n) is 7.25. The van der Waals surface area contributed by atoms with Crippen molar-refractivity contribution in [3.63, 3.8) is 0 Å². The monoisotopic (exact) mass is 400 g/mol. The zero-order valence-corrected chi connectivity index (χ0v) is 17.2.